The molecule has 2 amide bonds. The lowest BCUT2D eigenvalue weighted by Crippen LogP contribution is -2.34. The van der Waals surface area contributed by atoms with E-state index in [0.29, 0.717) is 11.3 Å². The van der Waals surface area contributed by atoms with Gasteiger partial charge in [0.2, 0.25) is 0 Å². The fraction of sp³-hybridized carbons (Fsp3) is 0.250. The summed E-state index contributed by atoms with van der Waals surface area (Å²) in [5.74, 6) is -1.07. The summed E-state index contributed by atoms with van der Waals surface area (Å²) in [6, 6.07) is 0. The number of carbonyl (C=O) groups excluding carboxylic acids is 2. The number of imide groups is 1. The second kappa shape index (κ2) is 4.14. The van der Waals surface area contributed by atoms with E-state index in [9.17, 15) is 14.4 Å². The fourth-order valence-corrected chi connectivity index (χ4v) is 1.85. The predicted molar refractivity (Wildman–Crippen MR) is 65.7 cm³/mol. The van der Waals surface area contributed by atoms with E-state index >= 15 is 0 Å². The third-order valence-corrected chi connectivity index (χ3v) is 2.73. The van der Waals surface area contributed by atoms with Gasteiger partial charge in [-0.1, -0.05) is 0 Å². The molecule has 0 aromatic carbocycles. The molecule has 0 radical (unpaired) electrons. The summed E-state index contributed by atoms with van der Waals surface area (Å²) >= 11 is 0. The van der Waals surface area contributed by atoms with E-state index in [2.05, 4.69) is 0 Å². The standard InChI is InChI=1S/C12H12N2O4/c1-7-8(13(2)3)6-18-12(17)11(7)14-9(15)4-5-10(14)16/h4-6H,1-3H3. The van der Waals surface area contributed by atoms with E-state index in [-0.39, 0.29) is 5.69 Å². The third-order valence-electron chi connectivity index (χ3n) is 2.73. The van der Waals surface area contributed by atoms with E-state index in [1.54, 1.807) is 25.9 Å². The van der Waals surface area contributed by atoms with E-state index in [1.807, 2.05) is 0 Å². The molecule has 0 saturated heterocycles. The highest BCUT2D eigenvalue weighted by Crippen LogP contribution is 2.26. The first-order valence-electron chi connectivity index (χ1n) is 5.29. The third kappa shape index (κ3) is 1.71. The maximum atomic E-state index is 11.7. The monoisotopic (exact) mass is 248 g/mol. The van der Waals surface area contributed by atoms with Gasteiger partial charge in [-0.25, -0.2) is 9.69 Å². The van der Waals surface area contributed by atoms with Gasteiger partial charge in [-0.15, -0.1) is 0 Å². The van der Waals surface area contributed by atoms with Gasteiger partial charge in [0.05, 0.1) is 5.69 Å². The van der Waals surface area contributed by atoms with Gasteiger partial charge in [-0.2, -0.15) is 0 Å². The van der Waals surface area contributed by atoms with Crippen molar-refractivity contribution in [2.24, 2.45) is 0 Å². The summed E-state index contributed by atoms with van der Waals surface area (Å²) in [5, 5.41) is 0. The van der Waals surface area contributed by atoms with Crippen molar-refractivity contribution in [3.63, 3.8) is 0 Å². The summed E-state index contributed by atoms with van der Waals surface area (Å²) in [6.45, 7) is 1.67. The van der Waals surface area contributed by atoms with E-state index < -0.39 is 17.4 Å². The molecule has 1 aliphatic heterocycles. The molecule has 0 unspecified atom stereocenters. The molecule has 18 heavy (non-hydrogen) atoms. The highest BCUT2D eigenvalue weighted by atomic mass is 16.4. The topological polar surface area (TPSA) is 70.8 Å². The quantitative estimate of drug-likeness (QED) is 0.710. The van der Waals surface area contributed by atoms with Crippen LogP contribution in [0.2, 0.25) is 0 Å². The summed E-state index contributed by atoms with van der Waals surface area (Å²) in [6.07, 6.45) is 3.56. The first-order chi connectivity index (χ1) is 8.43. The Bertz CT molecular complexity index is 595. The average molecular weight is 248 g/mol. The lowest BCUT2D eigenvalue weighted by Gasteiger charge is -2.20. The van der Waals surface area contributed by atoms with Crippen molar-refractivity contribution in [3.8, 4) is 0 Å². The average Bonchev–Trinajstić information content (AvgIpc) is 2.60. The van der Waals surface area contributed by atoms with Crippen molar-refractivity contribution < 1.29 is 14.0 Å². The van der Waals surface area contributed by atoms with Crippen LogP contribution in [0.4, 0.5) is 11.4 Å². The molecule has 2 heterocycles. The lowest BCUT2D eigenvalue weighted by molar-refractivity contribution is -0.120. The number of nitrogens with zero attached hydrogens (tertiary/aromatic N) is 2. The number of carbonyl (C=O) groups is 2. The zero-order chi connectivity index (χ0) is 13.4. The van der Waals surface area contributed by atoms with Crippen LogP contribution in [-0.2, 0) is 9.59 Å². The summed E-state index contributed by atoms with van der Waals surface area (Å²) in [7, 11) is 3.55. The van der Waals surface area contributed by atoms with Gasteiger partial charge in [-0.05, 0) is 6.92 Å². The van der Waals surface area contributed by atoms with Gasteiger partial charge in [0.25, 0.3) is 11.8 Å². The summed E-state index contributed by atoms with van der Waals surface area (Å²) in [5.41, 5.74) is 0.434. The van der Waals surface area contributed by atoms with Crippen molar-refractivity contribution in [2.45, 2.75) is 6.92 Å². The molecular weight excluding hydrogens is 236 g/mol. The van der Waals surface area contributed by atoms with Gasteiger partial charge < -0.3 is 9.32 Å². The van der Waals surface area contributed by atoms with E-state index in [4.69, 9.17) is 4.42 Å². The number of hydrogen-bond donors (Lipinski definition) is 0. The Morgan fingerprint density at radius 1 is 1.11 bits per heavy atom. The predicted octanol–water partition coefficient (Wildman–Crippen LogP) is 0.444. The smallest absolute Gasteiger partial charge is 0.360 e. The first kappa shape index (κ1) is 12.1. The van der Waals surface area contributed by atoms with Gasteiger partial charge in [0.15, 0.2) is 0 Å². The molecule has 0 aliphatic carbocycles. The largest absolute Gasteiger partial charge is 0.428 e. The molecule has 2 rings (SSSR count). The zero-order valence-electron chi connectivity index (χ0n) is 10.3. The van der Waals surface area contributed by atoms with Crippen LogP contribution >= 0.6 is 0 Å². The van der Waals surface area contributed by atoms with Crippen molar-refractivity contribution in [3.05, 3.63) is 34.4 Å². The molecule has 0 bridgehead atoms. The van der Waals surface area contributed by atoms with E-state index in [0.717, 1.165) is 17.1 Å². The van der Waals surface area contributed by atoms with Crippen molar-refractivity contribution in [2.75, 3.05) is 23.9 Å². The van der Waals surface area contributed by atoms with Gasteiger partial charge >= 0.3 is 5.63 Å². The SMILES string of the molecule is Cc1c(N(C)C)coc(=O)c1N1C(=O)C=CC1=O. The first-order valence-corrected chi connectivity index (χ1v) is 5.29. The number of hydrogen-bond acceptors (Lipinski definition) is 5. The Balaban J connectivity index is 2.64. The summed E-state index contributed by atoms with van der Waals surface area (Å²) < 4.78 is 4.87. The second-order valence-corrected chi connectivity index (χ2v) is 4.12. The lowest BCUT2D eigenvalue weighted by atomic mass is 10.2. The van der Waals surface area contributed by atoms with Crippen LogP contribution in [0.5, 0.6) is 0 Å². The Hall–Kier alpha value is -2.37. The van der Waals surface area contributed by atoms with Crippen LogP contribution in [0.25, 0.3) is 0 Å². The maximum absolute atomic E-state index is 11.7. The van der Waals surface area contributed by atoms with Gasteiger partial charge in [-0.3, -0.25) is 9.59 Å². The van der Waals surface area contributed by atoms with Crippen LogP contribution in [0, 0.1) is 6.92 Å². The summed E-state index contributed by atoms with van der Waals surface area (Å²) in [4.78, 5) is 37.5. The van der Waals surface area contributed by atoms with Crippen LogP contribution in [-0.4, -0.2) is 25.9 Å². The maximum Gasteiger partial charge on any atom is 0.360 e. The Labute approximate surface area is 103 Å². The molecule has 6 nitrogen and oxygen atoms in total. The second-order valence-electron chi connectivity index (χ2n) is 4.12. The number of rotatable bonds is 2. The Morgan fingerprint density at radius 2 is 1.67 bits per heavy atom. The van der Waals surface area contributed by atoms with Crippen molar-refractivity contribution in [1.29, 1.82) is 0 Å². The van der Waals surface area contributed by atoms with Crippen molar-refractivity contribution >= 4 is 23.2 Å². The molecule has 0 spiro atoms. The molecule has 0 fully saturated rings. The van der Waals surface area contributed by atoms with Crippen LogP contribution in [0.1, 0.15) is 5.56 Å². The molecule has 1 aromatic rings. The van der Waals surface area contributed by atoms with Crippen LogP contribution in [0.3, 0.4) is 0 Å². The molecule has 0 saturated carbocycles. The molecule has 0 atom stereocenters. The zero-order valence-corrected chi connectivity index (χ0v) is 10.3. The normalized spacial score (nSPS) is 14.5. The van der Waals surface area contributed by atoms with Crippen LogP contribution < -0.4 is 15.4 Å². The van der Waals surface area contributed by atoms with Crippen LogP contribution in [0.15, 0.2) is 27.6 Å². The Kier molecular flexibility index (Phi) is 2.78. The highest BCUT2D eigenvalue weighted by molar-refractivity contribution is 6.28. The Morgan fingerprint density at radius 3 is 2.17 bits per heavy atom. The molecular formula is C12H12N2O4. The number of anilines is 2. The van der Waals surface area contributed by atoms with Crippen molar-refractivity contribution in [1.82, 2.24) is 0 Å². The molecule has 1 aromatic heterocycles. The number of amides is 2. The molecule has 6 heteroatoms. The highest BCUT2D eigenvalue weighted by Gasteiger charge is 2.30. The minimum atomic E-state index is -0.705. The van der Waals surface area contributed by atoms with E-state index in [1.165, 1.54) is 6.26 Å². The molecule has 94 valence electrons. The van der Waals surface area contributed by atoms with Gasteiger partial charge in [0, 0.05) is 31.8 Å². The minimum absolute atomic E-state index is 0.0267. The minimum Gasteiger partial charge on any atom is -0.428 e. The van der Waals surface area contributed by atoms with Gasteiger partial charge in [0.1, 0.15) is 12.0 Å². The fourth-order valence-electron chi connectivity index (χ4n) is 1.85. The molecule has 0 N–H and O–H groups in total. The molecule has 1 aliphatic rings.